The van der Waals surface area contributed by atoms with E-state index in [1.54, 1.807) is 0 Å². The maximum Gasteiger partial charge on any atom is 0.352 e. The molecule has 0 unspecified atom stereocenters. The van der Waals surface area contributed by atoms with Crippen LogP contribution >= 0.6 is 23.1 Å². The van der Waals surface area contributed by atoms with Crippen molar-refractivity contribution >= 4 is 57.7 Å². The molecule has 4 rings (SSSR count). The number of aliphatic carboxylic acids is 2. The molecule has 44 heavy (non-hydrogen) atoms. The molecule has 2 atom stereocenters. The molecule has 236 valence electrons. The number of nitrogens with zero attached hydrogens (tertiary/aromatic N) is 4. The number of thioether (sulfide) groups is 1. The molecule has 0 radical (unpaired) electrons. The van der Waals surface area contributed by atoms with E-state index >= 15 is 0 Å². The topological polar surface area (TPSA) is 238 Å². The van der Waals surface area contributed by atoms with Gasteiger partial charge in [-0.25, -0.2) is 14.6 Å². The fraction of sp³-hybridized carbons (Fsp3) is 0.423. The highest BCUT2D eigenvalue weighted by Gasteiger charge is 2.55. The molecular formula is C26H32N7O9S2+. The van der Waals surface area contributed by atoms with E-state index in [-0.39, 0.29) is 28.0 Å². The van der Waals surface area contributed by atoms with Gasteiger partial charge in [-0.05, 0) is 13.8 Å². The molecular weight excluding hydrogens is 618 g/mol. The van der Waals surface area contributed by atoms with Crippen molar-refractivity contribution in [2.45, 2.75) is 37.3 Å². The number of carbonyl (C=O) groups excluding carboxylic acids is 2. The number of hydrogen-bond acceptors (Lipinski definition) is 12. The number of aromatic hydroxyl groups is 1. The van der Waals surface area contributed by atoms with Crippen LogP contribution in [0.4, 0.5) is 5.13 Å². The Kier molecular flexibility index (Phi) is 9.08. The minimum absolute atomic E-state index is 0.0101. The van der Waals surface area contributed by atoms with Crippen LogP contribution in [0.2, 0.25) is 0 Å². The van der Waals surface area contributed by atoms with Crippen LogP contribution in [0.3, 0.4) is 0 Å². The molecule has 1 saturated heterocycles. The Hall–Kier alpha value is -4.42. The quantitative estimate of drug-likeness (QED) is 0.0755. The number of H-pyrrole nitrogens is 1. The Bertz CT molecular complexity index is 1630. The van der Waals surface area contributed by atoms with E-state index in [9.17, 15) is 39.3 Å². The lowest BCUT2D eigenvalue weighted by atomic mass is 10.0. The van der Waals surface area contributed by atoms with E-state index in [0.29, 0.717) is 35.3 Å². The fourth-order valence-electron chi connectivity index (χ4n) is 4.48. The molecule has 1 fully saturated rings. The van der Waals surface area contributed by atoms with E-state index in [1.807, 2.05) is 14.1 Å². The number of quaternary nitrogens is 1. The molecule has 2 aliphatic rings. The third-order valence-electron chi connectivity index (χ3n) is 6.95. The van der Waals surface area contributed by atoms with Crippen LogP contribution in [0, 0.1) is 0 Å². The third-order valence-corrected chi connectivity index (χ3v) is 8.97. The van der Waals surface area contributed by atoms with Crippen molar-refractivity contribution in [2.75, 3.05) is 38.7 Å². The number of thiazole rings is 1. The maximum absolute atomic E-state index is 13.3. The molecule has 2 aromatic rings. The van der Waals surface area contributed by atoms with Crippen LogP contribution in [0.1, 0.15) is 25.2 Å². The highest BCUT2D eigenvalue weighted by Crippen LogP contribution is 2.41. The van der Waals surface area contributed by atoms with Crippen LogP contribution in [-0.4, -0.2) is 114 Å². The first kappa shape index (κ1) is 32.5. The molecule has 2 amide bonds. The van der Waals surface area contributed by atoms with Gasteiger partial charge in [0.25, 0.3) is 11.8 Å². The minimum atomic E-state index is -1.78. The van der Waals surface area contributed by atoms with Gasteiger partial charge in [0.1, 0.15) is 29.4 Å². The molecule has 2 aromatic heterocycles. The summed E-state index contributed by atoms with van der Waals surface area (Å²) in [5, 5.41) is 36.0. The van der Waals surface area contributed by atoms with E-state index in [2.05, 4.69) is 20.4 Å². The van der Waals surface area contributed by atoms with Crippen molar-refractivity contribution in [1.29, 1.82) is 0 Å². The van der Waals surface area contributed by atoms with Crippen LogP contribution in [0.25, 0.3) is 0 Å². The monoisotopic (exact) mass is 650 g/mol. The lowest BCUT2D eigenvalue weighted by Crippen LogP contribution is -2.71. The Morgan fingerprint density at radius 3 is 2.59 bits per heavy atom. The summed E-state index contributed by atoms with van der Waals surface area (Å²) in [7, 11) is 3.78. The van der Waals surface area contributed by atoms with Gasteiger partial charge in [-0.2, -0.15) is 0 Å². The molecule has 0 aliphatic carbocycles. The third kappa shape index (κ3) is 6.87. The van der Waals surface area contributed by atoms with Crippen molar-refractivity contribution < 1.29 is 43.8 Å². The number of anilines is 1. The van der Waals surface area contributed by atoms with E-state index in [1.165, 1.54) is 43.3 Å². The summed E-state index contributed by atoms with van der Waals surface area (Å²) in [4.78, 5) is 75.2. The number of fused-ring (bicyclic) bond motifs is 1. The van der Waals surface area contributed by atoms with Crippen LogP contribution in [0.15, 0.2) is 38.9 Å². The lowest BCUT2D eigenvalue weighted by molar-refractivity contribution is -0.885. The number of nitrogens with one attached hydrogen (secondary N) is 2. The standard InChI is InChI=1S/C26H31N7O9S2/c1-26(2,24(40)41)42-31-17(14-11-44-25(27)29-14)20(36)30-18-21(37)32-19(23(38)39)12(10-43-22(18)32)9-33(3,4)6-5-13-7-15(34)16(35)8-28-13/h7-8,11,18,22H,5-6,9-10H2,1-4H3,(H6-,27,28,29,30,31,34,35,36,38,39,40,41)/p+1/t18-,22-/m1/s1. The van der Waals surface area contributed by atoms with Crippen molar-refractivity contribution in [3.8, 4) is 5.75 Å². The second kappa shape index (κ2) is 12.3. The number of aromatic amines is 1. The zero-order valence-corrected chi connectivity index (χ0v) is 25.8. The van der Waals surface area contributed by atoms with Gasteiger partial charge < -0.3 is 40.7 Å². The molecule has 0 saturated carbocycles. The number of pyridine rings is 1. The number of carboxylic acids is 2. The van der Waals surface area contributed by atoms with Crippen molar-refractivity contribution in [3.63, 3.8) is 0 Å². The Labute approximate surface area is 258 Å². The second-order valence-electron chi connectivity index (χ2n) is 11.3. The number of carboxylic acid groups (broad SMARTS) is 2. The minimum Gasteiger partial charge on any atom is -0.503 e. The zero-order valence-electron chi connectivity index (χ0n) is 24.2. The number of rotatable bonds is 12. The predicted octanol–water partition coefficient (Wildman–Crippen LogP) is -0.239. The van der Waals surface area contributed by atoms with Crippen molar-refractivity contribution in [1.82, 2.24) is 20.2 Å². The highest BCUT2D eigenvalue weighted by atomic mass is 32.2. The number of amides is 2. The molecule has 16 nitrogen and oxygen atoms in total. The second-order valence-corrected chi connectivity index (χ2v) is 13.3. The Balaban J connectivity index is 1.50. The van der Waals surface area contributed by atoms with Gasteiger partial charge in [0.2, 0.25) is 11.0 Å². The first-order valence-electron chi connectivity index (χ1n) is 13.1. The van der Waals surface area contributed by atoms with Gasteiger partial charge in [-0.3, -0.25) is 19.3 Å². The number of hydrogen-bond donors (Lipinski definition) is 6. The molecule has 0 aromatic carbocycles. The smallest absolute Gasteiger partial charge is 0.352 e. The van der Waals surface area contributed by atoms with Gasteiger partial charge >= 0.3 is 11.9 Å². The first-order chi connectivity index (χ1) is 20.5. The maximum atomic E-state index is 13.3. The zero-order chi connectivity index (χ0) is 32.6. The van der Waals surface area contributed by atoms with Gasteiger partial charge in [-0.15, -0.1) is 23.1 Å². The summed E-state index contributed by atoms with van der Waals surface area (Å²) in [6.45, 7) is 3.29. The van der Waals surface area contributed by atoms with Crippen LogP contribution in [0.5, 0.6) is 5.75 Å². The molecule has 7 N–H and O–H groups in total. The number of oxime groups is 1. The normalized spacial score (nSPS) is 18.9. The summed E-state index contributed by atoms with van der Waals surface area (Å²) in [6.07, 6.45) is 1.67. The molecule has 18 heteroatoms. The first-order valence-corrected chi connectivity index (χ1v) is 15.1. The lowest BCUT2D eigenvalue weighted by Gasteiger charge is -2.49. The van der Waals surface area contributed by atoms with Crippen LogP contribution in [-0.2, 0) is 30.4 Å². The van der Waals surface area contributed by atoms with Gasteiger partial charge in [0.15, 0.2) is 16.6 Å². The van der Waals surface area contributed by atoms with Crippen LogP contribution < -0.4 is 16.5 Å². The highest BCUT2D eigenvalue weighted by molar-refractivity contribution is 8.00. The summed E-state index contributed by atoms with van der Waals surface area (Å²) in [5.74, 6) is -4.24. The van der Waals surface area contributed by atoms with Gasteiger partial charge in [0.05, 0.1) is 20.6 Å². The molecule has 4 heterocycles. The van der Waals surface area contributed by atoms with E-state index in [4.69, 9.17) is 10.6 Å². The van der Waals surface area contributed by atoms with Crippen molar-refractivity contribution in [2.24, 2.45) is 5.16 Å². The summed E-state index contributed by atoms with van der Waals surface area (Å²) in [5.41, 5.74) is 4.02. The predicted molar refractivity (Wildman–Crippen MR) is 160 cm³/mol. The molecule has 2 aliphatic heterocycles. The van der Waals surface area contributed by atoms with Gasteiger partial charge in [0, 0.05) is 41.1 Å². The SMILES string of the molecule is CC(C)(O/N=C(\C(=O)N[C@@H]1C(=O)N2C(C(=O)O)=C(C[N+](C)(C)CCc3cc(=O)c(O)c[nH]3)CS[C@H]12)c1csc(N)n1)C(=O)O. The number of likely N-dealkylation sites (N-methyl/N-ethyl adjacent to an activating group) is 1. The van der Waals surface area contributed by atoms with Gasteiger partial charge in [-0.1, -0.05) is 5.16 Å². The van der Waals surface area contributed by atoms with E-state index < -0.39 is 51.9 Å². The molecule has 0 spiro atoms. The number of carbonyl (C=O) groups is 4. The average molecular weight is 651 g/mol. The Morgan fingerprint density at radius 2 is 2.00 bits per heavy atom. The summed E-state index contributed by atoms with van der Waals surface area (Å²) >= 11 is 2.30. The Morgan fingerprint density at radius 1 is 1.30 bits per heavy atom. The number of β-lactam (4-membered cyclic amide) rings is 1. The van der Waals surface area contributed by atoms with E-state index in [0.717, 1.165) is 16.2 Å². The fourth-order valence-corrected chi connectivity index (χ4v) is 6.37. The number of nitrogens with two attached hydrogens (primary N) is 1. The number of aromatic nitrogens is 2. The largest absolute Gasteiger partial charge is 0.503 e. The summed E-state index contributed by atoms with van der Waals surface area (Å²) < 4.78 is 0.339. The summed E-state index contributed by atoms with van der Waals surface area (Å²) in [6, 6.07) is 0.218. The number of nitrogen functional groups attached to an aromatic ring is 1. The molecule has 0 bridgehead atoms. The van der Waals surface area contributed by atoms with Crippen molar-refractivity contribution in [3.05, 3.63) is 50.5 Å². The average Bonchev–Trinajstić information content (AvgIpc) is 3.37.